The highest BCUT2D eigenvalue weighted by atomic mass is 14.1. The van der Waals surface area contributed by atoms with Crippen LogP contribution >= 0.6 is 0 Å². The fourth-order valence-electron chi connectivity index (χ4n) is 2.88. The third-order valence-corrected chi connectivity index (χ3v) is 4.52. The molecule has 0 saturated heterocycles. The number of hydrogen-bond acceptors (Lipinski definition) is 0. The van der Waals surface area contributed by atoms with Crippen LogP contribution in [0, 0.1) is 13.8 Å². The van der Waals surface area contributed by atoms with Gasteiger partial charge in [-0.3, -0.25) is 0 Å². The Labute approximate surface area is 135 Å². The van der Waals surface area contributed by atoms with Gasteiger partial charge in [-0.2, -0.15) is 0 Å². The summed E-state index contributed by atoms with van der Waals surface area (Å²) in [6.07, 6.45) is 1.94. The van der Waals surface area contributed by atoms with Gasteiger partial charge in [0.25, 0.3) is 0 Å². The molecule has 0 saturated carbocycles. The van der Waals surface area contributed by atoms with Gasteiger partial charge in [0.15, 0.2) is 0 Å². The van der Waals surface area contributed by atoms with Crippen LogP contribution in [0.5, 0.6) is 0 Å². The molecule has 0 heteroatoms. The van der Waals surface area contributed by atoms with Crippen LogP contribution in [0.15, 0.2) is 66.3 Å². The fraction of sp³-hybridized carbons (Fsp3) is 0.273. The van der Waals surface area contributed by atoms with Gasteiger partial charge in [0.1, 0.15) is 0 Å². The lowest BCUT2D eigenvalue weighted by molar-refractivity contribution is 0.881. The van der Waals surface area contributed by atoms with Gasteiger partial charge in [-0.15, -0.1) is 0 Å². The summed E-state index contributed by atoms with van der Waals surface area (Å²) >= 11 is 0. The minimum Gasteiger partial charge on any atom is -0.0988 e. The molecule has 2 rings (SSSR count). The van der Waals surface area contributed by atoms with E-state index >= 15 is 0 Å². The Kier molecular flexibility index (Phi) is 5.03. The van der Waals surface area contributed by atoms with Gasteiger partial charge in [0, 0.05) is 5.92 Å². The number of aryl methyl sites for hydroxylation is 2. The summed E-state index contributed by atoms with van der Waals surface area (Å²) in [4.78, 5) is 0. The summed E-state index contributed by atoms with van der Waals surface area (Å²) in [6, 6.07) is 15.6. The molecule has 0 aliphatic carbocycles. The monoisotopic (exact) mass is 290 g/mol. The van der Waals surface area contributed by atoms with Crippen LogP contribution in [-0.4, -0.2) is 0 Å². The van der Waals surface area contributed by atoms with Crippen molar-refractivity contribution in [1.82, 2.24) is 0 Å². The van der Waals surface area contributed by atoms with E-state index in [-0.39, 0.29) is 0 Å². The molecule has 1 unspecified atom stereocenters. The van der Waals surface area contributed by atoms with Gasteiger partial charge >= 0.3 is 0 Å². The van der Waals surface area contributed by atoms with E-state index in [0.717, 1.165) is 0 Å². The number of benzene rings is 2. The van der Waals surface area contributed by atoms with Crippen LogP contribution in [0.25, 0.3) is 11.1 Å². The molecule has 0 bridgehead atoms. The van der Waals surface area contributed by atoms with Crippen LogP contribution in [-0.2, 0) is 0 Å². The Morgan fingerprint density at radius 1 is 0.955 bits per heavy atom. The molecule has 0 heterocycles. The highest BCUT2D eigenvalue weighted by molar-refractivity contribution is 5.66. The van der Waals surface area contributed by atoms with E-state index in [1.54, 1.807) is 0 Å². The van der Waals surface area contributed by atoms with Crippen molar-refractivity contribution in [1.29, 1.82) is 0 Å². The lowest BCUT2D eigenvalue weighted by atomic mass is 9.89. The zero-order valence-electron chi connectivity index (χ0n) is 14.4. The molecule has 0 N–H and O–H groups in total. The van der Waals surface area contributed by atoms with Crippen molar-refractivity contribution in [3.8, 4) is 11.1 Å². The second-order valence-corrected chi connectivity index (χ2v) is 6.29. The van der Waals surface area contributed by atoms with E-state index in [2.05, 4.69) is 83.7 Å². The molecule has 2 aromatic carbocycles. The van der Waals surface area contributed by atoms with E-state index in [1.165, 1.54) is 39.0 Å². The molecule has 0 amide bonds. The van der Waals surface area contributed by atoms with E-state index in [4.69, 9.17) is 0 Å². The number of allylic oxidation sites excluding steroid dienone is 3. The molecular weight excluding hydrogens is 264 g/mol. The Bertz CT molecular complexity index is 696. The van der Waals surface area contributed by atoms with Crippen LogP contribution in [0.2, 0.25) is 0 Å². The Hall–Kier alpha value is -2.08. The zero-order chi connectivity index (χ0) is 16.3. The first kappa shape index (κ1) is 16.3. The first-order valence-electron chi connectivity index (χ1n) is 7.91. The van der Waals surface area contributed by atoms with Crippen molar-refractivity contribution >= 4 is 0 Å². The average molecular weight is 290 g/mol. The summed E-state index contributed by atoms with van der Waals surface area (Å²) in [5, 5.41) is 0. The smallest absolute Gasteiger partial charge is 0.00229 e. The average Bonchev–Trinajstić information content (AvgIpc) is 2.52. The molecule has 1 atom stereocenters. The second-order valence-electron chi connectivity index (χ2n) is 6.29. The Balaban J connectivity index is 2.44. The summed E-state index contributed by atoms with van der Waals surface area (Å²) in [6.45, 7) is 14.8. The van der Waals surface area contributed by atoms with E-state index in [1.807, 2.05) is 6.08 Å². The molecule has 0 radical (unpaired) electrons. The SMILES string of the molecule is C=C/C(C)=C(/C)C(C)c1cccc(-c2cc(C)cc(C)c2)c1. The van der Waals surface area contributed by atoms with Crippen molar-refractivity contribution in [3.63, 3.8) is 0 Å². The Morgan fingerprint density at radius 2 is 1.59 bits per heavy atom. The van der Waals surface area contributed by atoms with Gasteiger partial charge in [0.05, 0.1) is 0 Å². The molecule has 0 aromatic heterocycles. The molecule has 0 spiro atoms. The molecule has 0 aliphatic rings. The van der Waals surface area contributed by atoms with Crippen LogP contribution in [0.1, 0.15) is 43.4 Å². The molecule has 0 aliphatic heterocycles. The lowest BCUT2D eigenvalue weighted by Crippen LogP contribution is -1.97. The number of rotatable bonds is 4. The largest absolute Gasteiger partial charge is 0.0988 e. The minimum atomic E-state index is 0.406. The third kappa shape index (κ3) is 3.57. The van der Waals surface area contributed by atoms with Gasteiger partial charge < -0.3 is 0 Å². The van der Waals surface area contributed by atoms with E-state index < -0.39 is 0 Å². The topological polar surface area (TPSA) is 0 Å². The van der Waals surface area contributed by atoms with Crippen LogP contribution in [0.4, 0.5) is 0 Å². The minimum absolute atomic E-state index is 0.406. The summed E-state index contributed by atoms with van der Waals surface area (Å²) in [7, 11) is 0. The molecular formula is C22H26. The van der Waals surface area contributed by atoms with Crippen molar-refractivity contribution in [2.75, 3.05) is 0 Å². The maximum absolute atomic E-state index is 3.88. The third-order valence-electron chi connectivity index (χ3n) is 4.52. The summed E-state index contributed by atoms with van der Waals surface area (Å²) < 4.78 is 0. The summed E-state index contributed by atoms with van der Waals surface area (Å²) in [5.41, 5.74) is 9.22. The van der Waals surface area contributed by atoms with Crippen LogP contribution in [0.3, 0.4) is 0 Å². The van der Waals surface area contributed by atoms with Crippen molar-refractivity contribution in [2.24, 2.45) is 0 Å². The standard InChI is InChI=1S/C22H26/c1-7-17(4)18(5)19(6)20-9-8-10-21(14-20)22-12-15(2)11-16(3)13-22/h7-14,19H,1H2,2-6H3/b18-17-. The van der Waals surface area contributed by atoms with Crippen LogP contribution < -0.4 is 0 Å². The molecule has 0 fully saturated rings. The van der Waals surface area contributed by atoms with E-state index in [9.17, 15) is 0 Å². The maximum Gasteiger partial charge on any atom is 0.00229 e. The number of hydrogen-bond donors (Lipinski definition) is 0. The first-order chi connectivity index (χ1) is 10.4. The van der Waals surface area contributed by atoms with E-state index in [0.29, 0.717) is 5.92 Å². The van der Waals surface area contributed by atoms with Crippen molar-refractivity contribution < 1.29 is 0 Å². The van der Waals surface area contributed by atoms with Gasteiger partial charge in [0.2, 0.25) is 0 Å². The highest BCUT2D eigenvalue weighted by Gasteiger charge is 2.10. The molecule has 0 nitrogen and oxygen atoms in total. The predicted octanol–water partition coefficient (Wildman–Crippen LogP) is 6.60. The quantitative estimate of drug-likeness (QED) is 0.557. The van der Waals surface area contributed by atoms with Crippen molar-refractivity contribution in [3.05, 3.63) is 83.0 Å². The normalized spacial score (nSPS) is 13.5. The Morgan fingerprint density at radius 3 is 2.18 bits per heavy atom. The molecule has 114 valence electrons. The van der Waals surface area contributed by atoms with Gasteiger partial charge in [-0.1, -0.05) is 84.3 Å². The predicted molar refractivity (Wildman–Crippen MR) is 98.3 cm³/mol. The zero-order valence-corrected chi connectivity index (χ0v) is 14.4. The first-order valence-corrected chi connectivity index (χ1v) is 7.91. The fourth-order valence-corrected chi connectivity index (χ4v) is 2.88. The van der Waals surface area contributed by atoms with Gasteiger partial charge in [-0.25, -0.2) is 0 Å². The van der Waals surface area contributed by atoms with Gasteiger partial charge in [-0.05, 0) is 44.4 Å². The maximum atomic E-state index is 3.88. The lowest BCUT2D eigenvalue weighted by Gasteiger charge is -2.16. The summed E-state index contributed by atoms with van der Waals surface area (Å²) in [5.74, 6) is 0.406. The van der Waals surface area contributed by atoms with Crippen molar-refractivity contribution in [2.45, 2.75) is 40.5 Å². The second kappa shape index (κ2) is 6.79. The molecule has 22 heavy (non-hydrogen) atoms. The highest BCUT2D eigenvalue weighted by Crippen LogP contribution is 2.30. The molecule has 2 aromatic rings.